The molecule has 25 heavy (non-hydrogen) atoms. The number of amides is 1. The van der Waals surface area contributed by atoms with E-state index in [2.05, 4.69) is 26.1 Å². The smallest absolute Gasteiger partial charge is 0.338 e. The Labute approximate surface area is 153 Å². The zero-order valence-corrected chi connectivity index (χ0v) is 15.6. The standard InChI is InChI=1S/C20H22ClNO3/c1-13-16(21)6-5-7-17(13)22-18(23)12-25-19(24)14-8-10-15(11-9-14)20(2,3)4/h5-11H,12H2,1-4H3,(H,22,23). The second-order valence-electron chi connectivity index (χ2n) is 6.86. The molecule has 0 unspecified atom stereocenters. The van der Waals surface area contributed by atoms with E-state index in [1.54, 1.807) is 37.3 Å². The average molecular weight is 360 g/mol. The number of nitrogens with one attached hydrogen (secondary N) is 1. The molecule has 1 N–H and O–H groups in total. The van der Waals surface area contributed by atoms with Crippen LogP contribution in [0.5, 0.6) is 0 Å². The first-order valence-electron chi connectivity index (χ1n) is 8.01. The lowest BCUT2D eigenvalue weighted by molar-refractivity contribution is -0.119. The molecule has 1 amide bonds. The lowest BCUT2D eigenvalue weighted by Crippen LogP contribution is -2.21. The van der Waals surface area contributed by atoms with Crippen molar-refractivity contribution in [2.24, 2.45) is 0 Å². The number of carbonyl (C=O) groups is 2. The molecular formula is C20H22ClNO3. The molecule has 0 heterocycles. The maximum atomic E-state index is 12.1. The van der Waals surface area contributed by atoms with Crippen molar-refractivity contribution in [2.45, 2.75) is 33.1 Å². The summed E-state index contributed by atoms with van der Waals surface area (Å²) in [5.74, 6) is -0.941. The van der Waals surface area contributed by atoms with Crippen molar-refractivity contribution in [3.63, 3.8) is 0 Å². The highest BCUT2D eigenvalue weighted by Gasteiger charge is 2.15. The minimum atomic E-state index is -0.529. The number of ether oxygens (including phenoxy) is 1. The van der Waals surface area contributed by atoms with E-state index < -0.39 is 11.9 Å². The van der Waals surface area contributed by atoms with Crippen LogP contribution in [0.2, 0.25) is 5.02 Å². The fourth-order valence-corrected chi connectivity index (χ4v) is 2.42. The third-order valence-corrected chi connectivity index (χ3v) is 4.27. The Morgan fingerprint density at radius 3 is 2.32 bits per heavy atom. The van der Waals surface area contributed by atoms with Gasteiger partial charge < -0.3 is 10.1 Å². The fourth-order valence-electron chi connectivity index (χ4n) is 2.25. The first-order chi connectivity index (χ1) is 11.7. The van der Waals surface area contributed by atoms with Gasteiger partial charge in [0.2, 0.25) is 0 Å². The van der Waals surface area contributed by atoms with E-state index in [0.29, 0.717) is 16.3 Å². The van der Waals surface area contributed by atoms with E-state index in [1.165, 1.54) is 0 Å². The largest absolute Gasteiger partial charge is 0.452 e. The molecule has 0 saturated carbocycles. The summed E-state index contributed by atoms with van der Waals surface area (Å²) >= 11 is 6.01. The molecule has 2 aromatic rings. The molecule has 0 aliphatic rings. The summed E-state index contributed by atoms with van der Waals surface area (Å²) in [5, 5.41) is 3.25. The molecule has 0 saturated heterocycles. The van der Waals surface area contributed by atoms with Crippen molar-refractivity contribution in [3.8, 4) is 0 Å². The molecule has 0 bridgehead atoms. The Morgan fingerprint density at radius 2 is 1.72 bits per heavy atom. The van der Waals surface area contributed by atoms with E-state index in [-0.39, 0.29) is 12.0 Å². The van der Waals surface area contributed by atoms with E-state index in [9.17, 15) is 9.59 Å². The number of halogens is 1. The zero-order chi connectivity index (χ0) is 18.6. The minimum absolute atomic E-state index is 0.0110. The van der Waals surface area contributed by atoms with Gasteiger partial charge in [-0.3, -0.25) is 4.79 Å². The van der Waals surface area contributed by atoms with Crippen molar-refractivity contribution < 1.29 is 14.3 Å². The van der Waals surface area contributed by atoms with E-state index >= 15 is 0 Å². The molecule has 0 radical (unpaired) electrons. The molecule has 0 aromatic heterocycles. The molecule has 2 aromatic carbocycles. The predicted octanol–water partition coefficient (Wildman–Crippen LogP) is 4.74. The fraction of sp³-hybridized carbons (Fsp3) is 0.300. The Kier molecular flexibility index (Phi) is 5.85. The highest BCUT2D eigenvalue weighted by atomic mass is 35.5. The van der Waals surface area contributed by atoms with Gasteiger partial charge >= 0.3 is 5.97 Å². The van der Waals surface area contributed by atoms with Crippen LogP contribution in [-0.4, -0.2) is 18.5 Å². The van der Waals surface area contributed by atoms with Crippen molar-refractivity contribution in [2.75, 3.05) is 11.9 Å². The summed E-state index contributed by atoms with van der Waals surface area (Å²) < 4.78 is 5.07. The first kappa shape index (κ1) is 19.0. The number of hydrogen-bond donors (Lipinski definition) is 1. The van der Waals surface area contributed by atoms with Gasteiger partial charge in [-0.1, -0.05) is 50.6 Å². The van der Waals surface area contributed by atoms with Gasteiger partial charge in [-0.15, -0.1) is 0 Å². The Balaban J connectivity index is 1.93. The van der Waals surface area contributed by atoms with Crippen molar-refractivity contribution in [1.29, 1.82) is 0 Å². The van der Waals surface area contributed by atoms with E-state index in [0.717, 1.165) is 11.1 Å². The van der Waals surface area contributed by atoms with Crippen LogP contribution in [0.25, 0.3) is 0 Å². The monoisotopic (exact) mass is 359 g/mol. The normalized spacial score (nSPS) is 11.1. The Bertz CT molecular complexity index is 777. The summed E-state index contributed by atoms with van der Waals surface area (Å²) in [6.07, 6.45) is 0. The molecule has 132 valence electrons. The van der Waals surface area contributed by atoms with Crippen LogP contribution in [0.15, 0.2) is 42.5 Å². The summed E-state index contributed by atoms with van der Waals surface area (Å²) in [5.41, 5.74) is 2.92. The van der Waals surface area contributed by atoms with Crippen LogP contribution < -0.4 is 5.32 Å². The minimum Gasteiger partial charge on any atom is -0.452 e. The average Bonchev–Trinajstić information content (AvgIpc) is 2.56. The van der Waals surface area contributed by atoms with Crippen molar-refractivity contribution in [1.82, 2.24) is 0 Å². The number of anilines is 1. The molecule has 4 nitrogen and oxygen atoms in total. The molecule has 0 spiro atoms. The Hall–Kier alpha value is -2.33. The lowest BCUT2D eigenvalue weighted by atomic mass is 9.87. The number of rotatable bonds is 4. The van der Waals surface area contributed by atoms with Crippen LogP contribution in [-0.2, 0) is 14.9 Å². The highest BCUT2D eigenvalue weighted by molar-refractivity contribution is 6.31. The summed E-state index contributed by atoms with van der Waals surface area (Å²) in [4.78, 5) is 24.0. The van der Waals surface area contributed by atoms with Crippen LogP contribution in [0.3, 0.4) is 0 Å². The molecule has 0 atom stereocenters. The molecule has 0 aliphatic heterocycles. The maximum Gasteiger partial charge on any atom is 0.338 e. The second kappa shape index (κ2) is 7.70. The zero-order valence-electron chi connectivity index (χ0n) is 14.9. The lowest BCUT2D eigenvalue weighted by Gasteiger charge is -2.18. The van der Waals surface area contributed by atoms with E-state index in [1.807, 2.05) is 12.1 Å². The van der Waals surface area contributed by atoms with Gasteiger partial charge in [-0.2, -0.15) is 0 Å². The van der Waals surface area contributed by atoms with Crippen LogP contribution in [0.1, 0.15) is 42.3 Å². The first-order valence-corrected chi connectivity index (χ1v) is 8.39. The van der Waals surface area contributed by atoms with Gasteiger partial charge in [0.15, 0.2) is 6.61 Å². The van der Waals surface area contributed by atoms with Crippen molar-refractivity contribution >= 4 is 29.2 Å². The highest BCUT2D eigenvalue weighted by Crippen LogP contribution is 2.23. The number of carbonyl (C=O) groups excluding carboxylic acids is 2. The van der Waals surface area contributed by atoms with Gasteiger partial charge in [0.25, 0.3) is 5.91 Å². The summed E-state index contributed by atoms with van der Waals surface area (Å²) in [6.45, 7) is 7.75. The summed E-state index contributed by atoms with van der Waals surface area (Å²) in [6, 6.07) is 12.4. The number of hydrogen-bond acceptors (Lipinski definition) is 3. The van der Waals surface area contributed by atoms with Crippen LogP contribution in [0.4, 0.5) is 5.69 Å². The van der Waals surface area contributed by atoms with Gasteiger partial charge in [0.1, 0.15) is 0 Å². The van der Waals surface area contributed by atoms with Gasteiger partial charge in [0.05, 0.1) is 5.56 Å². The molecule has 0 fully saturated rings. The van der Waals surface area contributed by atoms with Crippen molar-refractivity contribution in [3.05, 3.63) is 64.2 Å². The third-order valence-electron chi connectivity index (χ3n) is 3.86. The molecule has 2 rings (SSSR count). The SMILES string of the molecule is Cc1c(Cl)cccc1NC(=O)COC(=O)c1ccc(C(C)(C)C)cc1. The van der Waals surface area contributed by atoms with Gasteiger partial charge in [-0.05, 0) is 47.7 Å². The van der Waals surface area contributed by atoms with E-state index in [4.69, 9.17) is 16.3 Å². The molecule has 5 heteroatoms. The topological polar surface area (TPSA) is 55.4 Å². The molecule has 0 aliphatic carbocycles. The predicted molar refractivity (Wildman–Crippen MR) is 100 cm³/mol. The second-order valence-corrected chi connectivity index (χ2v) is 7.27. The van der Waals surface area contributed by atoms with Gasteiger partial charge in [0, 0.05) is 10.7 Å². The third kappa shape index (κ3) is 5.07. The maximum absolute atomic E-state index is 12.1. The quantitative estimate of drug-likeness (QED) is 0.802. The van der Waals surface area contributed by atoms with Crippen LogP contribution in [0, 0.1) is 6.92 Å². The summed E-state index contributed by atoms with van der Waals surface area (Å²) in [7, 11) is 0. The molecular weight excluding hydrogens is 338 g/mol. The van der Waals surface area contributed by atoms with Crippen LogP contribution >= 0.6 is 11.6 Å². The van der Waals surface area contributed by atoms with Gasteiger partial charge in [-0.25, -0.2) is 4.79 Å². The number of esters is 1. The number of benzene rings is 2. The Morgan fingerprint density at radius 1 is 1.08 bits per heavy atom.